The van der Waals surface area contributed by atoms with E-state index in [-0.39, 0.29) is 42.7 Å². The summed E-state index contributed by atoms with van der Waals surface area (Å²) in [5.74, 6) is -0.636. The van der Waals surface area contributed by atoms with Gasteiger partial charge in [-0.15, -0.1) is 0 Å². The average molecular weight is 428 g/mol. The van der Waals surface area contributed by atoms with Crippen molar-refractivity contribution in [2.24, 2.45) is 10.6 Å². The molecule has 31 heavy (non-hydrogen) atoms. The molecule has 2 atom stereocenters. The van der Waals surface area contributed by atoms with Gasteiger partial charge in [-0.2, -0.15) is 0 Å². The summed E-state index contributed by atoms with van der Waals surface area (Å²) in [5.41, 5.74) is 0.616. The van der Waals surface area contributed by atoms with Crippen LogP contribution >= 0.6 is 0 Å². The van der Waals surface area contributed by atoms with E-state index in [9.17, 15) is 14.0 Å². The molecule has 2 aromatic rings. The first-order valence-electron chi connectivity index (χ1n) is 10.5. The monoisotopic (exact) mass is 428 g/mol. The van der Waals surface area contributed by atoms with Crippen molar-refractivity contribution in [2.75, 3.05) is 19.7 Å². The molecule has 0 radical (unpaired) electrons. The lowest BCUT2D eigenvalue weighted by Crippen LogP contribution is -2.51. The number of ether oxygens (including phenoxy) is 1. The summed E-state index contributed by atoms with van der Waals surface area (Å²) in [4.78, 5) is 33.1. The maximum Gasteiger partial charge on any atom is 0.314 e. The standard InChI is InChI=1S/C23H25FN2O5/c1-2-29-22(28)23(10-4-11-26(15-23)21(27)20-5-3-12-30-20)14-18-13-19(25-31-18)16-6-8-17(24)9-7-16/h3,5-9,12,18H,2,4,10-11,13-15H2,1H3. The Kier molecular flexibility index (Phi) is 6.06. The minimum atomic E-state index is -0.880. The number of hydrogen-bond acceptors (Lipinski definition) is 6. The van der Waals surface area contributed by atoms with Crippen molar-refractivity contribution in [2.45, 2.75) is 38.7 Å². The molecule has 2 unspecified atom stereocenters. The van der Waals surface area contributed by atoms with Gasteiger partial charge >= 0.3 is 5.97 Å². The SMILES string of the molecule is CCOC(=O)C1(CC2CC(c3ccc(F)cc3)=NO2)CCCN(C(=O)c2ccco2)C1. The van der Waals surface area contributed by atoms with Crippen LogP contribution in [-0.2, 0) is 14.4 Å². The van der Waals surface area contributed by atoms with Gasteiger partial charge < -0.3 is 18.9 Å². The summed E-state index contributed by atoms with van der Waals surface area (Å²) in [7, 11) is 0. The van der Waals surface area contributed by atoms with Gasteiger partial charge in [0.25, 0.3) is 5.91 Å². The van der Waals surface area contributed by atoms with Gasteiger partial charge in [-0.3, -0.25) is 9.59 Å². The molecule has 0 bridgehead atoms. The number of rotatable bonds is 6. The lowest BCUT2D eigenvalue weighted by atomic mass is 9.74. The summed E-state index contributed by atoms with van der Waals surface area (Å²) in [6.07, 6.45) is 3.27. The number of esters is 1. The number of carbonyl (C=O) groups excluding carboxylic acids is 2. The Balaban J connectivity index is 1.49. The van der Waals surface area contributed by atoms with Crippen LogP contribution in [0.2, 0.25) is 0 Å². The number of furan rings is 1. The first kappa shape index (κ1) is 21.1. The van der Waals surface area contributed by atoms with Crippen molar-refractivity contribution < 1.29 is 28.0 Å². The molecule has 1 fully saturated rings. The molecule has 3 heterocycles. The third kappa shape index (κ3) is 4.47. The van der Waals surface area contributed by atoms with Gasteiger partial charge in [-0.05, 0) is 49.6 Å². The van der Waals surface area contributed by atoms with E-state index >= 15 is 0 Å². The highest BCUT2D eigenvalue weighted by molar-refractivity contribution is 6.01. The van der Waals surface area contributed by atoms with Gasteiger partial charge in [-0.25, -0.2) is 4.39 Å². The zero-order chi connectivity index (χ0) is 21.8. The van der Waals surface area contributed by atoms with Crippen LogP contribution in [0, 0.1) is 11.2 Å². The summed E-state index contributed by atoms with van der Waals surface area (Å²) in [6, 6.07) is 9.36. The third-order valence-corrected chi connectivity index (χ3v) is 5.83. The zero-order valence-corrected chi connectivity index (χ0v) is 17.4. The molecule has 1 aromatic heterocycles. The van der Waals surface area contributed by atoms with E-state index in [1.807, 2.05) is 0 Å². The number of piperidine rings is 1. The molecule has 2 aliphatic heterocycles. The van der Waals surface area contributed by atoms with Gasteiger partial charge in [0.05, 0.1) is 24.0 Å². The quantitative estimate of drug-likeness (QED) is 0.654. The number of hydrogen-bond donors (Lipinski definition) is 0. The molecular weight excluding hydrogens is 403 g/mol. The van der Waals surface area contributed by atoms with E-state index < -0.39 is 5.41 Å². The molecule has 0 spiro atoms. The Hall–Kier alpha value is -3.16. The smallest absolute Gasteiger partial charge is 0.314 e. The van der Waals surface area contributed by atoms with Crippen molar-refractivity contribution in [1.82, 2.24) is 4.90 Å². The van der Waals surface area contributed by atoms with Crippen LogP contribution < -0.4 is 0 Å². The third-order valence-electron chi connectivity index (χ3n) is 5.83. The van der Waals surface area contributed by atoms with Gasteiger partial charge in [0.1, 0.15) is 11.9 Å². The molecule has 2 aliphatic rings. The van der Waals surface area contributed by atoms with Gasteiger partial charge in [-0.1, -0.05) is 17.3 Å². The first-order chi connectivity index (χ1) is 15.0. The molecule has 0 aliphatic carbocycles. The van der Waals surface area contributed by atoms with E-state index in [2.05, 4.69) is 5.16 Å². The summed E-state index contributed by atoms with van der Waals surface area (Å²) in [6.45, 7) is 2.80. The van der Waals surface area contributed by atoms with Crippen LogP contribution in [-0.4, -0.2) is 48.3 Å². The van der Waals surface area contributed by atoms with Crippen molar-refractivity contribution in [3.63, 3.8) is 0 Å². The summed E-state index contributed by atoms with van der Waals surface area (Å²) < 4.78 is 23.9. The van der Waals surface area contributed by atoms with E-state index in [1.54, 1.807) is 36.1 Å². The van der Waals surface area contributed by atoms with Gasteiger partial charge in [0.2, 0.25) is 0 Å². The fourth-order valence-corrected chi connectivity index (χ4v) is 4.35. The lowest BCUT2D eigenvalue weighted by molar-refractivity contribution is -0.161. The normalized spacial score (nSPS) is 23.2. The second kappa shape index (κ2) is 8.91. The second-order valence-electron chi connectivity index (χ2n) is 7.99. The van der Waals surface area contributed by atoms with E-state index in [0.29, 0.717) is 37.9 Å². The Morgan fingerprint density at radius 1 is 1.29 bits per heavy atom. The maximum atomic E-state index is 13.2. The van der Waals surface area contributed by atoms with Crippen LogP contribution in [0.1, 0.15) is 48.7 Å². The number of nitrogens with zero attached hydrogens (tertiary/aromatic N) is 2. The predicted molar refractivity (Wildman–Crippen MR) is 110 cm³/mol. The Morgan fingerprint density at radius 2 is 2.10 bits per heavy atom. The molecule has 0 N–H and O–H groups in total. The number of carbonyl (C=O) groups is 2. The molecule has 164 valence electrons. The zero-order valence-electron chi connectivity index (χ0n) is 17.4. The maximum absolute atomic E-state index is 13.2. The summed E-state index contributed by atoms with van der Waals surface area (Å²) >= 11 is 0. The molecule has 1 aromatic carbocycles. The van der Waals surface area contributed by atoms with Crippen LogP contribution in [0.15, 0.2) is 52.2 Å². The number of halogens is 1. The fourth-order valence-electron chi connectivity index (χ4n) is 4.35. The average Bonchev–Trinajstić information content (AvgIpc) is 3.47. The highest BCUT2D eigenvalue weighted by Crippen LogP contribution is 2.39. The van der Waals surface area contributed by atoms with Crippen molar-refractivity contribution >= 4 is 17.6 Å². The number of benzene rings is 1. The molecule has 1 amide bonds. The lowest BCUT2D eigenvalue weighted by Gasteiger charge is -2.41. The topological polar surface area (TPSA) is 81.3 Å². The number of likely N-dealkylation sites (tertiary alicyclic amines) is 1. The minimum Gasteiger partial charge on any atom is -0.466 e. The minimum absolute atomic E-state index is 0.233. The highest BCUT2D eigenvalue weighted by atomic mass is 19.1. The highest BCUT2D eigenvalue weighted by Gasteiger charge is 2.48. The molecule has 7 nitrogen and oxygen atoms in total. The van der Waals surface area contributed by atoms with Crippen molar-refractivity contribution in [1.29, 1.82) is 0 Å². The number of oxime groups is 1. The largest absolute Gasteiger partial charge is 0.466 e. The number of amides is 1. The Morgan fingerprint density at radius 3 is 2.81 bits per heavy atom. The van der Waals surface area contributed by atoms with Crippen LogP contribution in [0.4, 0.5) is 4.39 Å². The van der Waals surface area contributed by atoms with Crippen LogP contribution in [0.5, 0.6) is 0 Å². The Labute approximate surface area is 179 Å². The molecule has 0 saturated carbocycles. The van der Waals surface area contributed by atoms with Gasteiger partial charge in [0, 0.05) is 25.9 Å². The van der Waals surface area contributed by atoms with Crippen molar-refractivity contribution in [3.05, 3.63) is 59.8 Å². The van der Waals surface area contributed by atoms with Gasteiger partial charge in [0.15, 0.2) is 5.76 Å². The first-order valence-corrected chi connectivity index (χ1v) is 10.5. The fraction of sp³-hybridized carbons (Fsp3) is 0.435. The molecule has 1 saturated heterocycles. The van der Waals surface area contributed by atoms with Crippen molar-refractivity contribution in [3.8, 4) is 0 Å². The summed E-state index contributed by atoms with van der Waals surface area (Å²) in [5, 5.41) is 4.16. The molecular formula is C23H25FN2O5. The molecule has 8 heteroatoms. The van der Waals surface area contributed by atoms with E-state index in [0.717, 1.165) is 5.56 Å². The van der Waals surface area contributed by atoms with Crippen LogP contribution in [0.3, 0.4) is 0 Å². The predicted octanol–water partition coefficient (Wildman–Crippen LogP) is 3.79. The van der Waals surface area contributed by atoms with E-state index in [4.69, 9.17) is 14.0 Å². The van der Waals surface area contributed by atoms with E-state index in [1.165, 1.54) is 18.4 Å². The van der Waals surface area contributed by atoms with Crippen LogP contribution in [0.25, 0.3) is 0 Å². The Bertz CT molecular complexity index is 957. The second-order valence-corrected chi connectivity index (χ2v) is 7.99. The molecule has 4 rings (SSSR count).